The van der Waals surface area contributed by atoms with E-state index in [2.05, 4.69) is 15.6 Å². The number of nitrogens with zero attached hydrogens (tertiary/aromatic N) is 1. The third-order valence-electron chi connectivity index (χ3n) is 6.01. The lowest BCUT2D eigenvalue weighted by molar-refractivity contribution is -0.135. The van der Waals surface area contributed by atoms with Crippen molar-refractivity contribution in [3.05, 3.63) is 48.7 Å². The minimum absolute atomic E-state index is 0.0180. The number of phenolic OH excluding ortho intramolecular Hbond substituents is 1. The first-order valence-corrected chi connectivity index (χ1v) is 10.9. The molecule has 0 saturated heterocycles. The summed E-state index contributed by atoms with van der Waals surface area (Å²) in [5.41, 5.74) is -0.0995. The van der Waals surface area contributed by atoms with Crippen LogP contribution in [0.2, 0.25) is 0 Å². The van der Waals surface area contributed by atoms with Crippen molar-refractivity contribution in [1.82, 2.24) is 10.3 Å². The fraction of sp³-hybridized carbons (Fsp3) is 0.320. The first-order chi connectivity index (χ1) is 16.2. The van der Waals surface area contributed by atoms with Crippen LogP contribution in [0, 0.1) is 5.41 Å². The van der Waals surface area contributed by atoms with Crippen molar-refractivity contribution in [2.45, 2.75) is 38.9 Å². The fourth-order valence-corrected chi connectivity index (χ4v) is 3.52. The Hall–Kier alpha value is -3.88. The van der Waals surface area contributed by atoms with E-state index in [-0.39, 0.29) is 5.75 Å². The molecule has 34 heavy (non-hydrogen) atoms. The lowest BCUT2D eigenvalue weighted by Gasteiger charge is -2.20. The highest BCUT2D eigenvalue weighted by Gasteiger charge is 2.56. The Labute approximate surface area is 196 Å². The summed E-state index contributed by atoms with van der Waals surface area (Å²) < 4.78 is 24.6. The van der Waals surface area contributed by atoms with Crippen molar-refractivity contribution in [3.63, 3.8) is 0 Å². The van der Waals surface area contributed by atoms with E-state index >= 15 is 0 Å². The Kier molecular flexibility index (Phi) is 6.28. The number of phenols is 1. The molecule has 1 unspecified atom stereocenters. The molecule has 4 rings (SSSR count). The molecule has 9 heteroatoms. The second-order valence-electron chi connectivity index (χ2n) is 8.45. The molecule has 0 radical (unpaired) electrons. The number of anilines is 1. The lowest BCUT2D eigenvalue weighted by Crippen LogP contribution is -2.46. The number of benzene rings is 2. The van der Waals surface area contributed by atoms with Crippen LogP contribution >= 0.6 is 0 Å². The van der Waals surface area contributed by atoms with Gasteiger partial charge in [-0.2, -0.15) is 0 Å². The second-order valence-corrected chi connectivity index (χ2v) is 8.45. The van der Waals surface area contributed by atoms with Gasteiger partial charge >= 0.3 is 0 Å². The number of rotatable bonds is 8. The highest BCUT2D eigenvalue weighted by molar-refractivity contribution is 6.13. The molecule has 8 nitrogen and oxygen atoms in total. The van der Waals surface area contributed by atoms with E-state index in [1.165, 1.54) is 20.1 Å². The Morgan fingerprint density at radius 1 is 1.09 bits per heavy atom. The molecule has 2 atom stereocenters. The number of ether oxygens (including phenoxy) is 2. The predicted octanol–water partition coefficient (Wildman–Crippen LogP) is 4.32. The molecule has 1 aromatic heterocycles. The minimum atomic E-state index is -1.21. The molecular weight excluding hydrogens is 441 g/mol. The monoisotopic (exact) mass is 467 g/mol. The fourth-order valence-electron chi connectivity index (χ4n) is 3.52. The zero-order valence-corrected chi connectivity index (χ0v) is 19.1. The van der Waals surface area contributed by atoms with E-state index in [0.29, 0.717) is 46.7 Å². The largest absolute Gasteiger partial charge is 0.504 e. The average molecular weight is 467 g/mol. The molecular formula is C25H26FN3O5. The maximum Gasteiger partial charge on any atom is 0.240 e. The van der Waals surface area contributed by atoms with Crippen LogP contribution in [-0.4, -0.2) is 41.2 Å². The van der Waals surface area contributed by atoms with Crippen LogP contribution in [0.25, 0.3) is 10.9 Å². The third-order valence-corrected chi connectivity index (χ3v) is 6.01. The quantitative estimate of drug-likeness (QED) is 0.426. The Morgan fingerprint density at radius 2 is 1.79 bits per heavy atom. The number of pyridine rings is 1. The molecule has 0 aliphatic heterocycles. The average Bonchev–Trinajstić information content (AvgIpc) is 3.62. The van der Waals surface area contributed by atoms with Crippen LogP contribution in [0.15, 0.2) is 48.7 Å². The maximum absolute atomic E-state index is 13.4. The Morgan fingerprint density at radius 3 is 2.41 bits per heavy atom. The van der Waals surface area contributed by atoms with Crippen molar-refractivity contribution in [2.75, 3.05) is 12.4 Å². The van der Waals surface area contributed by atoms with Gasteiger partial charge in [-0.05, 0) is 63.1 Å². The number of aromatic hydroxyl groups is 1. The summed E-state index contributed by atoms with van der Waals surface area (Å²) >= 11 is 0. The summed E-state index contributed by atoms with van der Waals surface area (Å²) in [6, 6.07) is 10.9. The second kappa shape index (κ2) is 9.17. The van der Waals surface area contributed by atoms with E-state index in [1.807, 2.05) is 0 Å². The van der Waals surface area contributed by atoms with Crippen molar-refractivity contribution < 1.29 is 28.6 Å². The van der Waals surface area contributed by atoms with Crippen LogP contribution in [0.5, 0.6) is 23.0 Å². The van der Waals surface area contributed by atoms with E-state index in [9.17, 15) is 19.1 Å². The lowest BCUT2D eigenvalue weighted by atomic mass is 10.0. The van der Waals surface area contributed by atoms with Crippen LogP contribution < -0.4 is 20.1 Å². The van der Waals surface area contributed by atoms with E-state index in [0.717, 1.165) is 0 Å². The van der Waals surface area contributed by atoms with Crippen molar-refractivity contribution in [1.29, 1.82) is 0 Å². The van der Waals surface area contributed by atoms with Gasteiger partial charge in [-0.3, -0.25) is 14.6 Å². The SMILES string of the molecule is COc1cc2c(Oc3ccc(NC(=O)C4(C(=O)NC(C)[C@@H](C)F)CC4)cc3)ccnc2cc1O. The maximum atomic E-state index is 13.4. The smallest absolute Gasteiger partial charge is 0.240 e. The van der Waals surface area contributed by atoms with Gasteiger partial charge in [-0.25, -0.2) is 4.39 Å². The molecule has 3 N–H and O–H groups in total. The molecule has 0 bridgehead atoms. The summed E-state index contributed by atoms with van der Waals surface area (Å²) in [5, 5.41) is 16.0. The molecule has 1 fully saturated rings. The van der Waals surface area contributed by atoms with Gasteiger partial charge in [-0.15, -0.1) is 0 Å². The summed E-state index contributed by atoms with van der Waals surface area (Å²) in [7, 11) is 1.46. The van der Waals surface area contributed by atoms with Crippen LogP contribution in [0.4, 0.5) is 10.1 Å². The molecule has 1 heterocycles. The summed E-state index contributed by atoms with van der Waals surface area (Å²) in [4.78, 5) is 29.5. The Balaban J connectivity index is 1.45. The molecule has 0 spiro atoms. The highest BCUT2D eigenvalue weighted by Crippen LogP contribution is 2.47. The number of fused-ring (bicyclic) bond motifs is 1. The molecule has 1 saturated carbocycles. The molecule has 1 aliphatic carbocycles. The number of halogens is 1. The zero-order valence-electron chi connectivity index (χ0n) is 19.1. The van der Waals surface area contributed by atoms with E-state index in [1.54, 1.807) is 49.5 Å². The molecule has 1 aliphatic rings. The van der Waals surface area contributed by atoms with Crippen molar-refractivity contribution in [2.24, 2.45) is 5.41 Å². The van der Waals surface area contributed by atoms with Gasteiger partial charge in [0.1, 0.15) is 23.1 Å². The van der Waals surface area contributed by atoms with Crippen LogP contribution in [0.1, 0.15) is 26.7 Å². The van der Waals surface area contributed by atoms with Gasteiger partial charge in [0.05, 0.1) is 18.7 Å². The van der Waals surface area contributed by atoms with E-state index < -0.39 is 29.4 Å². The molecule has 3 aromatic rings. The number of amides is 2. The first kappa shape index (κ1) is 23.3. The summed E-state index contributed by atoms with van der Waals surface area (Å²) in [6.45, 7) is 2.93. The van der Waals surface area contributed by atoms with E-state index in [4.69, 9.17) is 9.47 Å². The third kappa shape index (κ3) is 4.59. The van der Waals surface area contributed by atoms with Crippen molar-refractivity contribution in [3.8, 4) is 23.0 Å². The number of hydrogen-bond acceptors (Lipinski definition) is 6. The van der Waals surface area contributed by atoms with Gasteiger partial charge in [-0.1, -0.05) is 0 Å². The topological polar surface area (TPSA) is 110 Å². The molecule has 2 amide bonds. The Bertz CT molecular complexity index is 1230. The minimum Gasteiger partial charge on any atom is -0.504 e. The van der Waals surface area contributed by atoms with Gasteiger partial charge in [0, 0.05) is 23.3 Å². The summed E-state index contributed by atoms with van der Waals surface area (Å²) in [5.74, 6) is 0.455. The number of hydrogen-bond donors (Lipinski definition) is 3. The number of methoxy groups -OCH3 is 1. The van der Waals surface area contributed by atoms with Gasteiger partial charge in [0.15, 0.2) is 11.5 Å². The summed E-state index contributed by atoms with van der Waals surface area (Å²) in [6.07, 6.45) is 1.21. The van der Waals surface area contributed by atoms with Gasteiger partial charge in [0.2, 0.25) is 11.8 Å². The zero-order chi connectivity index (χ0) is 24.5. The molecule has 178 valence electrons. The van der Waals surface area contributed by atoms with Crippen molar-refractivity contribution >= 4 is 28.4 Å². The first-order valence-electron chi connectivity index (χ1n) is 10.9. The normalized spacial score (nSPS) is 15.8. The molecule has 2 aromatic carbocycles. The van der Waals surface area contributed by atoms with Gasteiger partial charge < -0.3 is 25.2 Å². The van der Waals surface area contributed by atoms with Gasteiger partial charge in [0.25, 0.3) is 0 Å². The number of alkyl halides is 1. The van der Waals surface area contributed by atoms with Crippen LogP contribution in [0.3, 0.4) is 0 Å². The van der Waals surface area contributed by atoms with Crippen LogP contribution in [-0.2, 0) is 9.59 Å². The number of aromatic nitrogens is 1. The number of carbonyl (C=O) groups is 2. The standard InChI is InChI=1S/C25H26FN3O5/c1-14(26)15(2)28-23(31)25(9-10-25)24(32)29-16-4-6-17(7-5-16)34-21-8-11-27-19-13-20(30)22(33-3)12-18(19)21/h4-8,11-15,30H,9-10H2,1-3H3,(H,28,31)(H,29,32)/t14-,15?/m1/s1. The highest BCUT2D eigenvalue weighted by atomic mass is 19.1. The predicted molar refractivity (Wildman–Crippen MR) is 125 cm³/mol. The number of nitrogens with one attached hydrogen (secondary N) is 2. The number of carbonyl (C=O) groups excluding carboxylic acids is 2.